The molecule has 0 bridgehead atoms. The van der Waals surface area contributed by atoms with E-state index in [-0.39, 0.29) is 23.0 Å². The lowest BCUT2D eigenvalue weighted by molar-refractivity contribution is -0.122. The summed E-state index contributed by atoms with van der Waals surface area (Å²) in [6.45, 7) is -0.255. The first-order valence-electron chi connectivity index (χ1n) is 13.4. The summed E-state index contributed by atoms with van der Waals surface area (Å²) in [7, 11) is 0. The number of carbonyl (C=O) groups excluding carboxylic acids is 3. The molecule has 1 fully saturated rings. The lowest BCUT2D eigenvalue weighted by Gasteiger charge is -2.30. The molecule has 4 aromatic carbocycles. The van der Waals surface area contributed by atoms with E-state index in [1.807, 2.05) is 66.7 Å². The summed E-state index contributed by atoms with van der Waals surface area (Å²) in [5.41, 5.74) is 1.69. The van der Waals surface area contributed by atoms with E-state index in [1.54, 1.807) is 0 Å². The third kappa shape index (κ3) is 4.81. The number of nitrogens with one attached hydrogen (secondary N) is 1. The quantitative estimate of drug-likeness (QED) is 0.218. The topological polar surface area (TPSA) is 88.5 Å². The molecule has 0 unspecified atom stereocenters. The Hall–Kier alpha value is -4.06. The Bertz CT molecular complexity index is 1990. The fourth-order valence-corrected chi connectivity index (χ4v) is 8.83. The minimum atomic E-state index is -0.833. The molecule has 0 saturated carbocycles. The average Bonchev–Trinajstić information content (AvgIpc) is 3.44. The summed E-state index contributed by atoms with van der Waals surface area (Å²) in [4.78, 5) is 55.8. The standard InChI is InChI=1S/C32H21BrFN3O4S2/c33-19-10-8-18(9-11-19)25-26-27(30(40)37(29(26)39)21-14-12-20(34)13-15-21)42-31-28(25)43-32(41)36(31)16-24(38)35-23-7-3-5-17-4-1-2-6-22(17)23/h1-15,25-27H,16H2,(H,35,38)/t25-,26-,27+/m0/s1. The Morgan fingerprint density at radius 3 is 2.37 bits per heavy atom. The molecule has 1 aromatic heterocycles. The van der Waals surface area contributed by atoms with Gasteiger partial charge in [-0.05, 0) is 53.4 Å². The van der Waals surface area contributed by atoms with Gasteiger partial charge in [0.25, 0.3) is 0 Å². The number of imide groups is 1. The molecule has 2 aliphatic rings. The van der Waals surface area contributed by atoms with Gasteiger partial charge in [-0.15, -0.1) is 0 Å². The molecule has 1 saturated heterocycles. The highest BCUT2D eigenvalue weighted by atomic mass is 79.9. The monoisotopic (exact) mass is 673 g/mol. The number of thiazole rings is 1. The number of carbonyl (C=O) groups is 3. The second-order valence-corrected chi connectivity index (χ2v) is 13.3. The average molecular weight is 675 g/mol. The van der Waals surface area contributed by atoms with E-state index in [0.717, 1.165) is 48.8 Å². The van der Waals surface area contributed by atoms with Crippen LogP contribution in [-0.4, -0.2) is 27.5 Å². The summed E-state index contributed by atoms with van der Waals surface area (Å²) in [5.74, 6) is -3.08. The van der Waals surface area contributed by atoms with Gasteiger partial charge in [-0.3, -0.25) is 23.7 Å². The summed E-state index contributed by atoms with van der Waals surface area (Å²) in [5, 5.41) is 4.45. The summed E-state index contributed by atoms with van der Waals surface area (Å²) < 4.78 is 15.9. The van der Waals surface area contributed by atoms with Crippen molar-refractivity contribution in [2.75, 3.05) is 10.2 Å². The summed E-state index contributed by atoms with van der Waals surface area (Å²) in [6.07, 6.45) is 0. The van der Waals surface area contributed by atoms with Crippen molar-refractivity contribution in [2.24, 2.45) is 5.92 Å². The minimum Gasteiger partial charge on any atom is -0.324 e. The van der Waals surface area contributed by atoms with Gasteiger partial charge in [0.05, 0.1) is 16.6 Å². The first-order chi connectivity index (χ1) is 20.8. The molecule has 43 heavy (non-hydrogen) atoms. The zero-order chi connectivity index (χ0) is 29.8. The Labute approximate surface area is 261 Å². The van der Waals surface area contributed by atoms with Gasteiger partial charge in [0.2, 0.25) is 17.7 Å². The normalized spacial score (nSPS) is 19.4. The molecule has 3 amide bonds. The van der Waals surface area contributed by atoms with Crippen LogP contribution < -0.4 is 15.1 Å². The number of aromatic nitrogens is 1. The largest absolute Gasteiger partial charge is 0.324 e. The maximum atomic E-state index is 13.9. The maximum Gasteiger partial charge on any atom is 0.308 e. The van der Waals surface area contributed by atoms with Gasteiger partial charge in [-0.1, -0.05) is 87.6 Å². The van der Waals surface area contributed by atoms with Crippen molar-refractivity contribution in [3.8, 4) is 0 Å². The van der Waals surface area contributed by atoms with Gasteiger partial charge in [-0.25, -0.2) is 9.29 Å². The van der Waals surface area contributed by atoms with E-state index in [2.05, 4.69) is 21.2 Å². The van der Waals surface area contributed by atoms with Crippen LogP contribution in [0, 0.1) is 11.7 Å². The van der Waals surface area contributed by atoms with Crippen molar-refractivity contribution in [2.45, 2.75) is 22.7 Å². The second-order valence-electron chi connectivity index (χ2n) is 10.3. The number of fused-ring (bicyclic) bond motifs is 3. The van der Waals surface area contributed by atoms with Crippen molar-refractivity contribution >= 4 is 78.9 Å². The first-order valence-corrected chi connectivity index (χ1v) is 15.9. The van der Waals surface area contributed by atoms with Crippen molar-refractivity contribution in [1.82, 2.24) is 4.57 Å². The van der Waals surface area contributed by atoms with Crippen molar-refractivity contribution < 1.29 is 18.8 Å². The number of thioether (sulfide) groups is 1. The SMILES string of the molecule is O=C(Cn1c2c(sc1=O)[C@@H](c1ccc(Br)cc1)[C@@H]1C(=O)N(c3ccc(F)cc3)C(=O)[C@@H]1S2)Nc1cccc2ccccc12. The Balaban J connectivity index is 1.28. The zero-order valence-corrected chi connectivity index (χ0v) is 25.4. The van der Waals surface area contributed by atoms with Crippen molar-refractivity contribution in [3.05, 3.63) is 121 Å². The van der Waals surface area contributed by atoms with Crippen LogP contribution in [0.4, 0.5) is 15.8 Å². The van der Waals surface area contributed by atoms with Crippen molar-refractivity contribution in [3.63, 3.8) is 0 Å². The molecule has 5 aromatic rings. The number of hydrogen-bond donors (Lipinski definition) is 1. The molecular weight excluding hydrogens is 653 g/mol. The fourth-order valence-electron chi connectivity index (χ4n) is 5.80. The molecule has 7 nitrogen and oxygen atoms in total. The Kier molecular flexibility index (Phi) is 7.03. The van der Waals surface area contributed by atoms with E-state index in [4.69, 9.17) is 0 Å². The number of benzene rings is 4. The second kappa shape index (κ2) is 10.9. The van der Waals surface area contributed by atoms with Crippen LogP contribution in [0.25, 0.3) is 10.8 Å². The third-order valence-electron chi connectivity index (χ3n) is 7.73. The first kappa shape index (κ1) is 27.8. The molecule has 0 radical (unpaired) electrons. The van der Waals surface area contributed by atoms with E-state index in [9.17, 15) is 23.6 Å². The molecule has 0 aliphatic carbocycles. The van der Waals surface area contributed by atoms with Crippen LogP contribution in [0.2, 0.25) is 0 Å². The van der Waals surface area contributed by atoms with Crippen molar-refractivity contribution in [1.29, 1.82) is 0 Å². The molecule has 1 N–H and O–H groups in total. The van der Waals surface area contributed by atoms with Crippen LogP contribution in [0.5, 0.6) is 0 Å². The summed E-state index contributed by atoms with van der Waals surface area (Å²) >= 11 is 5.58. The number of halogens is 2. The Morgan fingerprint density at radius 1 is 0.884 bits per heavy atom. The molecule has 7 rings (SSSR count). The van der Waals surface area contributed by atoms with Gasteiger partial charge in [0.1, 0.15) is 17.6 Å². The number of hydrogen-bond acceptors (Lipinski definition) is 6. The summed E-state index contributed by atoms with van der Waals surface area (Å²) in [6, 6.07) is 26.0. The van der Waals surface area contributed by atoms with Gasteiger partial charge in [0.15, 0.2) is 0 Å². The predicted octanol–water partition coefficient (Wildman–Crippen LogP) is 6.40. The zero-order valence-electron chi connectivity index (χ0n) is 22.2. The van der Waals surface area contributed by atoms with Crippen LogP contribution in [0.15, 0.2) is 105 Å². The number of nitrogens with zero attached hydrogens (tertiary/aromatic N) is 2. The molecular formula is C32H21BrFN3O4S2. The van der Waals surface area contributed by atoms with Gasteiger partial charge in [0, 0.05) is 26.3 Å². The Morgan fingerprint density at radius 2 is 1.60 bits per heavy atom. The number of rotatable bonds is 5. The third-order valence-corrected chi connectivity index (χ3v) is 10.9. The maximum absolute atomic E-state index is 13.9. The van der Waals surface area contributed by atoms with Gasteiger partial charge in [-0.2, -0.15) is 0 Å². The van der Waals surface area contributed by atoms with E-state index >= 15 is 0 Å². The van der Waals surface area contributed by atoms with Crippen LogP contribution in [-0.2, 0) is 20.9 Å². The highest BCUT2D eigenvalue weighted by Crippen LogP contribution is 2.54. The molecule has 2 aliphatic heterocycles. The molecule has 214 valence electrons. The van der Waals surface area contributed by atoms with E-state index in [0.29, 0.717) is 15.6 Å². The molecule has 3 atom stereocenters. The van der Waals surface area contributed by atoms with Crippen LogP contribution in [0.3, 0.4) is 0 Å². The van der Waals surface area contributed by atoms with E-state index in [1.165, 1.54) is 28.8 Å². The van der Waals surface area contributed by atoms with Gasteiger partial charge >= 0.3 is 4.87 Å². The lowest BCUT2D eigenvalue weighted by Crippen LogP contribution is -2.33. The molecule has 3 heterocycles. The minimum absolute atomic E-state index is 0.255. The molecule has 11 heteroatoms. The van der Waals surface area contributed by atoms with Gasteiger partial charge < -0.3 is 5.32 Å². The van der Waals surface area contributed by atoms with E-state index < -0.39 is 34.7 Å². The highest BCUT2D eigenvalue weighted by Gasteiger charge is 2.56. The molecule has 0 spiro atoms. The van der Waals surface area contributed by atoms with Crippen LogP contribution in [0.1, 0.15) is 16.4 Å². The predicted molar refractivity (Wildman–Crippen MR) is 169 cm³/mol. The lowest BCUT2D eigenvalue weighted by atomic mass is 9.83. The number of amides is 3. The highest BCUT2D eigenvalue weighted by molar-refractivity contribution is 9.10. The smallest absolute Gasteiger partial charge is 0.308 e. The van der Waals surface area contributed by atoms with Crippen LogP contribution >= 0.6 is 39.0 Å². The number of anilines is 2. The fraction of sp³-hybridized carbons (Fsp3) is 0.125.